The van der Waals surface area contributed by atoms with Gasteiger partial charge in [0.2, 0.25) is 0 Å². The second kappa shape index (κ2) is 5.13. The first-order chi connectivity index (χ1) is 9.20. The Balaban J connectivity index is 1.97. The largest absolute Gasteiger partial charge is 0.360 e. The van der Waals surface area contributed by atoms with Crippen molar-refractivity contribution >= 4 is 33.5 Å². The number of rotatable bonds is 4. The average molecular weight is 338 g/mol. The minimum atomic E-state index is -0.0253. The molecule has 2 aromatic rings. The molecule has 1 fully saturated rings. The highest BCUT2D eigenvalue weighted by molar-refractivity contribution is 9.10. The predicted molar refractivity (Wildman–Crippen MR) is 77.8 cm³/mol. The summed E-state index contributed by atoms with van der Waals surface area (Å²) in [7, 11) is 0. The first kappa shape index (κ1) is 12.9. The number of thioether (sulfide) groups is 1. The summed E-state index contributed by atoms with van der Waals surface area (Å²) in [6.07, 6.45) is 5.71. The normalized spacial score (nSPS) is 14.6. The highest BCUT2D eigenvalue weighted by atomic mass is 79.9. The Labute approximate surface area is 123 Å². The molecule has 1 heterocycles. The summed E-state index contributed by atoms with van der Waals surface area (Å²) in [6.45, 7) is 0. The Kier molecular flexibility index (Phi) is 3.50. The smallest absolute Gasteiger partial charge is 0.199 e. The molecule has 0 spiro atoms. The minimum Gasteiger partial charge on any atom is -0.360 e. The van der Waals surface area contributed by atoms with Gasteiger partial charge in [0.15, 0.2) is 11.5 Å². The van der Waals surface area contributed by atoms with Crippen LogP contribution in [0.15, 0.2) is 38.3 Å². The van der Waals surface area contributed by atoms with Gasteiger partial charge < -0.3 is 4.52 Å². The fraction of sp³-hybridized carbons (Fsp3) is 0.286. The summed E-state index contributed by atoms with van der Waals surface area (Å²) in [5.74, 6) is 1.10. The molecule has 5 heteroatoms. The predicted octanol–water partition coefficient (Wildman–Crippen LogP) is 4.27. The molecule has 0 bridgehead atoms. The molecule has 0 unspecified atom stereocenters. The fourth-order valence-electron chi connectivity index (χ4n) is 2.01. The van der Waals surface area contributed by atoms with E-state index in [9.17, 15) is 4.79 Å². The fourth-order valence-corrected chi connectivity index (χ4v) is 3.16. The van der Waals surface area contributed by atoms with Gasteiger partial charge in [-0.2, -0.15) is 0 Å². The van der Waals surface area contributed by atoms with Crippen LogP contribution in [0.2, 0.25) is 0 Å². The van der Waals surface area contributed by atoms with Crippen LogP contribution in [0.5, 0.6) is 0 Å². The molecule has 0 amide bonds. The highest BCUT2D eigenvalue weighted by Gasteiger charge is 2.33. The number of ketones is 1. The molecule has 3 nitrogen and oxygen atoms in total. The zero-order valence-electron chi connectivity index (χ0n) is 10.4. The van der Waals surface area contributed by atoms with Crippen molar-refractivity contribution in [3.8, 4) is 0 Å². The number of hydrogen-bond donors (Lipinski definition) is 0. The first-order valence-corrected chi connectivity index (χ1v) is 8.05. The Morgan fingerprint density at radius 2 is 2.21 bits per heavy atom. The van der Waals surface area contributed by atoms with Crippen LogP contribution < -0.4 is 0 Å². The Bertz CT molecular complexity index is 634. The van der Waals surface area contributed by atoms with E-state index in [-0.39, 0.29) is 5.78 Å². The molecule has 19 heavy (non-hydrogen) atoms. The Morgan fingerprint density at radius 3 is 2.84 bits per heavy atom. The van der Waals surface area contributed by atoms with Gasteiger partial charge in [0.25, 0.3) is 0 Å². The summed E-state index contributed by atoms with van der Waals surface area (Å²) in [4.78, 5) is 13.7. The monoisotopic (exact) mass is 337 g/mol. The molecular weight excluding hydrogens is 326 g/mol. The van der Waals surface area contributed by atoms with Crippen LogP contribution in [-0.4, -0.2) is 17.2 Å². The average Bonchev–Trinajstić information content (AvgIpc) is 3.15. The number of aromatic nitrogens is 1. The molecule has 1 aromatic carbocycles. The first-order valence-electron chi connectivity index (χ1n) is 6.03. The van der Waals surface area contributed by atoms with Crippen LogP contribution in [-0.2, 0) is 0 Å². The molecular formula is C14H12BrNO2S. The summed E-state index contributed by atoms with van der Waals surface area (Å²) in [6, 6.07) is 5.76. The number of carbonyl (C=O) groups excluding carboxylic acids is 1. The number of benzene rings is 1. The SMILES string of the molecule is CSc1ccc(C(=O)c2cnoc2C2CC2)c(Br)c1. The van der Waals surface area contributed by atoms with Crippen molar-refractivity contribution in [3.05, 3.63) is 45.8 Å². The van der Waals surface area contributed by atoms with Crippen LogP contribution in [0, 0.1) is 0 Å². The van der Waals surface area contributed by atoms with E-state index in [0.717, 1.165) is 28.0 Å². The Hall–Kier alpha value is -1.07. The Morgan fingerprint density at radius 1 is 1.42 bits per heavy atom. The van der Waals surface area contributed by atoms with Gasteiger partial charge in [-0.3, -0.25) is 4.79 Å². The van der Waals surface area contributed by atoms with Gasteiger partial charge in [-0.05, 0) is 53.2 Å². The van der Waals surface area contributed by atoms with E-state index in [4.69, 9.17) is 4.52 Å². The molecule has 1 aromatic heterocycles. The number of nitrogens with zero attached hydrogens (tertiary/aromatic N) is 1. The van der Waals surface area contributed by atoms with Gasteiger partial charge in [-0.25, -0.2) is 0 Å². The quantitative estimate of drug-likeness (QED) is 0.617. The number of carbonyl (C=O) groups is 1. The third-order valence-electron chi connectivity index (χ3n) is 3.21. The van der Waals surface area contributed by atoms with Gasteiger partial charge in [0.1, 0.15) is 0 Å². The van der Waals surface area contributed by atoms with Crippen molar-refractivity contribution in [3.63, 3.8) is 0 Å². The van der Waals surface area contributed by atoms with Crippen LogP contribution in [0.3, 0.4) is 0 Å². The van der Waals surface area contributed by atoms with Gasteiger partial charge in [0, 0.05) is 20.8 Å². The van der Waals surface area contributed by atoms with Gasteiger partial charge in [0.05, 0.1) is 11.8 Å². The third-order valence-corrected chi connectivity index (χ3v) is 4.59. The van der Waals surface area contributed by atoms with E-state index in [1.54, 1.807) is 11.8 Å². The van der Waals surface area contributed by atoms with E-state index in [1.165, 1.54) is 6.20 Å². The molecule has 0 atom stereocenters. The maximum atomic E-state index is 12.5. The second-order valence-electron chi connectivity index (χ2n) is 4.55. The van der Waals surface area contributed by atoms with Crippen LogP contribution in [0.4, 0.5) is 0 Å². The van der Waals surface area contributed by atoms with Gasteiger partial charge >= 0.3 is 0 Å². The molecule has 98 valence electrons. The summed E-state index contributed by atoms with van der Waals surface area (Å²) >= 11 is 5.11. The van der Waals surface area contributed by atoms with Crippen LogP contribution in [0.1, 0.15) is 40.4 Å². The summed E-state index contributed by atoms with van der Waals surface area (Å²) < 4.78 is 6.04. The zero-order chi connectivity index (χ0) is 13.4. The van der Waals surface area contributed by atoms with Crippen LogP contribution >= 0.6 is 27.7 Å². The number of halogens is 1. The lowest BCUT2D eigenvalue weighted by Gasteiger charge is -2.05. The molecule has 0 aliphatic heterocycles. The van der Waals surface area contributed by atoms with Crippen molar-refractivity contribution in [1.29, 1.82) is 0 Å². The topological polar surface area (TPSA) is 43.1 Å². The van der Waals surface area contributed by atoms with Gasteiger partial charge in [-0.1, -0.05) is 5.16 Å². The van der Waals surface area contributed by atoms with Gasteiger partial charge in [-0.15, -0.1) is 11.8 Å². The molecule has 0 N–H and O–H groups in total. The maximum Gasteiger partial charge on any atom is 0.199 e. The molecule has 3 rings (SSSR count). The highest BCUT2D eigenvalue weighted by Crippen LogP contribution is 2.42. The van der Waals surface area contributed by atoms with Crippen molar-refractivity contribution in [2.24, 2.45) is 0 Å². The van der Waals surface area contributed by atoms with E-state index in [2.05, 4.69) is 21.1 Å². The molecule has 0 saturated heterocycles. The van der Waals surface area contributed by atoms with E-state index >= 15 is 0 Å². The molecule has 1 saturated carbocycles. The number of hydrogen-bond acceptors (Lipinski definition) is 4. The maximum absolute atomic E-state index is 12.5. The van der Waals surface area contributed by atoms with Crippen molar-refractivity contribution in [2.45, 2.75) is 23.7 Å². The standard InChI is InChI=1S/C14H12BrNO2S/c1-19-9-4-5-10(12(15)6-9)13(17)11-7-16-18-14(11)8-2-3-8/h4-8H,2-3H2,1H3. The van der Waals surface area contributed by atoms with Crippen molar-refractivity contribution in [2.75, 3.05) is 6.26 Å². The lowest BCUT2D eigenvalue weighted by molar-refractivity contribution is 0.103. The van der Waals surface area contributed by atoms with Crippen molar-refractivity contribution in [1.82, 2.24) is 5.16 Å². The van der Waals surface area contributed by atoms with E-state index in [1.807, 2.05) is 24.5 Å². The van der Waals surface area contributed by atoms with E-state index < -0.39 is 0 Å². The summed E-state index contributed by atoms with van der Waals surface area (Å²) in [5, 5.41) is 3.78. The second-order valence-corrected chi connectivity index (χ2v) is 6.29. The lowest BCUT2D eigenvalue weighted by Crippen LogP contribution is -2.03. The molecule has 0 radical (unpaired) electrons. The summed E-state index contributed by atoms with van der Waals surface area (Å²) in [5.41, 5.74) is 1.25. The third kappa shape index (κ3) is 2.49. The van der Waals surface area contributed by atoms with E-state index in [0.29, 0.717) is 17.0 Å². The lowest BCUT2D eigenvalue weighted by atomic mass is 10.0. The zero-order valence-corrected chi connectivity index (χ0v) is 12.8. The van der Waals surface area contributed by atoms with Crippen molar-refractivity contribution < 1.29 is 9.32 Å². The molecule has 1 aliphatic carbocycles. The minimum absolute atomic E-state index is 0.0253. The van der Waals surface area contributed by atoms with Crippen LogP contribution in [0.25, 0.3) is 0 Å². The molecule has 1 aliphatic rings.